The van der Waals surface area contributed by atoms with Gasteiger partial charge in [0.1, 0.15) is 12.4 Å². The molecule has 2 aliphatic carbocycles. The third-order valence-electron chi connectivity index (χ3n) is 12.9. The van der Waals surface area contributed by atoms with Gasteiger partial charge in [-0.15, -0.1) is 0 Å². The number of allylic oxidation sites excluding steroid dienone is 2. The lowest BCUT2D eigenvalue weighted by atomic mass is 9.49. The average molecular weight is 939 g/mol. The highest BCUT2D eigenvalue weighted by molar-refractivity contribution is 6.33. The molecular formula is C48H40Cl2F3N7O6. The molecule has 1 aromatic heterocycles. The van der Waals surface area contributed by atoms with Crippen molar-refractivity contribution in [2.45, 2.75) is 30.4 Å². The van der Waals surface area contributed by atoms with E-state index in [1.54, 1.807) is 72.8 Å². The van der Waals surface area contributed by atoms with E-state index in [4.69, 9.17) is 27.9 Å². The van der Waals surface area contributed by atoms with Gasteiger partial charge in [0, 0.05) is 36.9 Å². The third kappa shape index (κ3) is 7.65. The van der Waals surface area contributed by atoms with Crippen LogP contribution in [0.4, 0.5) is 41.7 Å². The zero-order chi connectivity index (χ0) is 46.7. The summed E-state index contributed by atoms with van der Waals surface area (Å²) in [6, 6.07) is 28.1. The Morgan fingerprint density at radius 2 is 1.52 bits per heavy atom. The number of aromatic nitrogens is 1. The maximum atomic E-state index is 15.5. The Hall–Kier alpha value is -6.62. The molecule has 3 fully saturated rings. The van der Waals surface area contributed by atoms with Crippen molar-refractivity contribution < 1.29 is 42.2 Å². The second-order valence-electron chi connectivity index (χ2n) is 16.7. The normalized spacial score (nSPS) is 23.8. The summed E-state index contributed by atoms with van der Waals surface area (Å²) in [6.45, 7) is -0.208. The molecule has 66 heavy (non-hydrogen) atoms. The van der Waals surface area contributed by atoms with E-state index < -0.39 is 75.4 Å². The first-order chi connectivity index (χ1) is 31.6. The molecule has 6 atom stereocenters. The lowest BCUT2D eigenvalue weighted by molar-refractivity contribution is -0.139. The molecule has 0 spiro atoms. The fourth-order valence-electron chi connectivity index (χ4n) is 9.93. The number of alkyl halides is 3. The number of anilines is 3. The van der Waals surface area contributed by atoms with Crippen LogP contribution < -0.4 is 20.0 Å². The van der Waals surface area contributed by atoms with Crippen molar-refractivity contribution in [3.8, 4) is 5.75 Å². The fraction of sp³-hybridized carbons (Fsp3) is 0.271. The summed E-state index contributed by atoms with van der Waals surface area (Å²) in [6.07, 6.45) is -2.23. The van der Waals surface area contributed by atoms with Crippen LogP contribution in [0.2, 0.25) is 10.0 Å². The van der Waals surface area contributed by atoms with E-state index in [0.29, 0.717) is 56.8 Å². The Balaban J connectivity index is 1.11. The molecule has 338 valence electrons. The molecule has 9 rings (SSSR count). The second-order valence-corrected chi connectivity index (χ2v) is 17.5. The van der Waals surface area contributed by atoms with E-state index >= 15 is 9.59 Å². The first kappa shape index (κ1) is 44.6. The number of aliphatic hydroxyl groups excluding tert-OH is 1. The molecule has 2 saturated heterocycles. The van der Waals surface area contributed by atoms with Gasteiger partial charge in [-0.05, 0) is 109 Å². The van der Waals surface area contributed by atoms with Crippen LogP contribution in [0.25, 0.3) is 0 Å². The number of pyridine rings is 1. The predicted octanol–water partition coefficient (Wildman–Crippen LogP) is 9.45. The van der Waals surface area contributed by atoms with Crippen molar-refractivity contribution in [3.63, 3.8) is 0 Å². The van der Waals surface area contributed by atoms with Crippen LogP contribution in [0.15, 0.2) is 131 Å². The number of hydrogen-bond acceptors (Lipinski definition) is 11. The monoisotopic (exact) mass is 937 g/mol. The van der Waals surface area contributed by atoms with Crippen LogP contribution in [-0.4, -0.2) is 66.0 Å². The minimum absolute atomic E-state index is 0.0230. The van der Waals surface area contributed by atoms with Gasteiger partial charge in [-0.25, -0.2) is 4.98 Å². The van der Waals surface area contributed by atoms with E-state index in [9.17, 15) is 27.9 Å². The van der Waals surface area contributed by atoms with Gasteiger partial charge < -0.3 is 14.7 Å². The Kier molecular flexibility index (Phi) is 11.7. The topological polar surface area (TPSA) is 157 Å². The number of imide groups is 2. The predicted molar refractivity (Wildman–Crippen MR) is 240 cm³/mol. The highest BCUT2D eigenvalue weighted by Crippen LogP contribution is 2.64. The van der Waals surface area contributed by atoms with Gasteiger partial charge in [0.15, 0.2) is 5.82 Å². The Morgan fingerprint density at radius 3 is 2.12 bits per heavy atom. The largest absolute Gasteiger partial charge is 0.491 e. The molecule has 3 heterocycles. The second kappa shape index (κ2) is 17.3. The maximum Gasteiger partial charge on any atom is 0.417 e. The number of ether oxygens (including phenoxy) is 1. The number of fused-ring (bicyclic) bond motifs is 4. The van der Waals surface area contributed by atoms with Crippen molar-refractivity contribution >= 4 is 75.4 Å². The standard InChI is InChI=1S/C48H40Cl2F3N7O6/c1-58(2)32-13-9-30(10-14-32)55-56-31-11-15-33(16-12-31)59-43(62)36-20-19-35-37(40(36)45(59)64)24-38-44(63)60(57-42-39(50)23-28(25-54-42)48(51,52)53)46(65)47(38,27-5-7-29(49)8-6-27)41(35)26-3-17-34(18-4-26)66-22-21-61/h3-19,23,25,36-38,40-41,61H,20-22,24H2,1-2H3,(H,54,57). The lowest BCUT2D eigenvalue weighted by Gasteiger charge is -2.50. The smallest absolute Gasteiger partial charge is 0.417 e. The van der Waals surface area contributed by atoms with Gasteiger partial charge in [-0.2, -0.15) is 28.4 Å². The van der Waals surface area contributed by atoms with E-state index in [0.717, 1.165) is 10.7 Å². The summed E-state index contributed by atoms with van der Waals surface area (Å²) in [4.78, 5) is 66.7. The van der Waals surface area contributed by atoms with Crippen LogP contribution in [0.1, 0.15) is 35.4 Å². The number of hydrogen-bond donors (Lipinski definition) is 2. The Labute approximate surface area is 386 Å². The number of carbonyl (C=O) groups is 4. The molecule has 4 aromatic carbocycles. The van der Waals surface area contributed by atoms with Gasteiger partial charge >= 0.3 is 6.18 Å². The zero-order valence-electron chi connectivity index (χ0n) is 35.2. The molecule has 6 unspecified atom stereocenters. The summed E-state index contributed by atoms with van der Waals surface area (Å²) in [5, 5.41) is 18.7. The number of nitrogens with one attached hydrogen (secondary N) is 1. The molecule has 2 N–H and O–H groups in total. The molecule has 2 aliphatic heterocycles. The van der Waals surface area contributed by atoms with Crippen LogP contribution in [0, 0.1) is 23.7 Å². The number of halogens is 5. The van der Waals surface area contributed by atoms with E-state index in [2.05, 4.69) is 20.6 Å². The number of benzene rings is 4. The number of hydrazine groups is 1. The van der Waals surface area contributed by atoms with Gasteiger partial charge in [0.05, 0.1) is 57.4 Å². The van der Waals surface area contributed by atoms with Crippen LogP contribution in [0.3, 0.4) is 0 Å². The van der Waals surface area contributed by atoms with Crippen molar-refractivity contribution in [2.24, 2.45) is 33.9 Å². The lowest BCUT2D eigenvalue weighted by Crippen LogP contribution is -2.53. The minimum atomic E-state index is -4.76. The van der Waals surface area contributed by atoms with E-state index in [1.807, 2.05) is 49.3 Å². The van der Waals surface area contributed by atoms with Crippen molar-refractivity contribution in [2.75, 3.05) is 42.5 Å². The number of nitrogens with zero attached hydrogens (tertiary/aromatic N) is 6. The minimum Gasteiger partial charge on any atom is -0.491 e. The van der Waals surface area contributed by atoms with Crippen LogP contribution in [-0.2, 0) is 30.8 Å². The van der Waals surface area contributed by atoms with Gasteiger partial charge in [-0.3, -0.25) is 29.5 Å². The van der Waals surface area contributed by atoms with Crippen molar-refractivity contribution in [3.05, 3.63) is 148 Å². The first-order valence-corrected chi connectivity index (χ1v) is 21.7. The summed E-state index contributed by atoms with van der Waals surface area (Å²) in [5.74, 6) is -6.86. The van der Waals surface area contributed by atoms with E-state index in [1.165, 1.54) is 4.90 Å². The van der Waals surface area contributed by atoms with E-state index in [-0.39, 0.29) is 31.9 Å². The molecule has 4 aliphatic rings. The van der Waals surface area contributed by atoms with Crippen molar-refractivity contribution in [1.29, 1.82) is 0 Å². The number of aliphatic hydroxyl groups is 1. The number of amides is 4. The molecule has 1 saturated carbocycles. The zero-order valence-corrected chi connectivity index (χ0v) is 36.8. The molecule has 13 nitrogen and oxygen atoms in total. The van der Waals surface area contributed by atoms with Crippen LogP contribution in [0.5, 0.6) is 5.75 Å². The molecule has 4 amide bonds. The molecule has 0 bridgehead atoms. The highest BCUT2D eigenvalue weighted by atomic mass is 35.5. The molecule has 18 heteroatoms. The van der Waals surface area contributed by atoms with Gasteiger partial charge in [0.25, 0.3) is 11.8 Å². The van der Waals surface area contributed by atoms with Crippen molar-refractivity contribution in [1.82, 2.24) is 9.99 Å². The quantitative estimate of drug-likeness (QED) is 0.0748. The summed E-state index contributed by atoms with van der Waals surface area (Å²) >= 11 is 12.7. The van der Waals surface area contributed by atoms with Gasteiger partial charge in [0.2, 0.25) is 11.8 Å². The number of carbonyl (C=O) groups excluding carboxylic acids is 4. The highest BCUT2D eigenvalue weighted by Gasteiger charge is 2.70. The molecule has 0 radical (unpaired) electrons. The average Bonchev–Trinajstić information content (AvgIpc) is 3.68. The fourth-order valence-corrected chi connectivity index (χ4v) is 10.3. The SMILES string of the molecule is CN(C)c1ccc(N=Nc2ccc(N3C(=O)C4CC=C5C(CC6C(=O)N(Nc7ncc(C(F)(F)F)cc7Cl)C(=O)C6(c6ccc(Cl)cc6)C5c5ccc(OCCO)cc5)C4C3=O)cc2)cc1. The Morgan fingerprint density at radius 1 is 0.864 bits per heavy atom. The molecular weight excluding hydrogens is 898 g/mol. The summed E-state index contributed by atoms with van der Waals surface area (Å²) in [7, 11) is 3.87. The maximum absolute atomic E-state index is 15.5. The number of rotatable bonds is 11. The van der Waals surface area contributed by atoms with Crippen LogP contribution >= 0.6 is 23.2 Å². The Bertz CT molecular complexity index is 2790. The first-order valence-electron chi connectivity index (χ1n) is 21.0. The number of azo groups is 1. The summed E-state index contributed by atoms with van der Waals surface area (Å²) < 4.78 is 46.4. The molecule has 5 aromatic rings. The van der Waals surface area contributed by atoms with Gasteiger partial charge in [-0.1, -0.05) is 59.1 Å². The third-order valence-corrected chi connectivity index (χ3v) is 13.4. The summed E-state index contributed by atoms with van der Waals surface area (Å²) in [5.41, 5.74) is 3.91.